The van der Waals surface area contributed by atoms with Crippen LogP contribution in [0.15, 0.2) is 12.3 Å². The summed E-state index contributed by atoms with van der Waals surface area (Å²) in [6.45, 7) is 11.9. The number of carbonyl (C=O) groups excluding carboxylic acids is 1. The predicted molar refractivity (Wildman–Crippen MR) is 104 cm³/mol. The number of unbranched alkanes of at least 4 members (excludes halogenated alkanes) is 2. The minimum atomic E-state index is -0.829. The molecule has 0 aliphatic heterocycles. The Morgan fingerprint density at radius 2 is 1.96 bits per heavy atom. The first-order valence-electron chi connectivity index (χ1n) is 9.59. The van der Waals surface area contributed by atoms with Gasteiger partial charge in [-0.25, -0.2) is 4.98 Å². The molecule has 0 aromatic carbocycles. The Morgan fingerprint density at radius 1 is 1.19 bits per heavy atom. The minimum absolute atomic E-state index is 0.137. The highest BCUT2D eigenvalue weighted by atomic mass is 16.5. The van der Waals surface area contributed by atoms with Gasteiger partial charge in [0, 0.05) is 18.8 Å². The van der Waals surface area contributed by atoms with E-state index in [2.05, 4.69) is 17.2 Å². The van der Waals surface area contributed by atoms with Gasteiger partial charge in [0.25, 0.3) is 5.91 Å². The van der Waals surface area contributed by atoms with Crippen molar-refractivity contribution in [3.63, 3.8) is 0 Å². The fourth-order valence-electron chi connectivity index (χ4n) is 2.67. The number of hydrogen-bond acceptors (Lipinski definition) is 5. The molecular weight excluding hydrogens is 332 g/mol. The third-order valence-corrected chi connectivity index (χ3v) is 4.16. The first-order chi connectivity index (χ1) is 12.5. The van der Waals surface area contributed by atoms with Gasteiger partial charge in [-0.15, -0.1) is 0 Å². The van der Waals surface area contributed by atoms with Crippen LogP contribution in [0, 0.1) is 6.92 Å². The Labute approximate surface area is 157 Å². The van der Waals surface area contributed by atoms with Crippen LogP contribution in [0.25, 0.3) is 0 Å². The molecule has 1 aromatic rings. The van der Waals surface area contributed by atoms with Gasteiger partial charge in [-0.3, -0.25) is 4.79 Å². The number of pyridine rings is 1. The fourth-order valence-corrected chi connectivity index (χ4v) is 2.67. The Hall–Kier alpha value is -1.66. The van der Waals surface area contributed by atoms with Crippen LogP contribution in [0.3, 0.4) is 0 Å². The predicted octanol–water partition coefficient (Wildman–Crippen LogP) is 4.12. The summed E-state index contributed by atoms with van der Waals surface area (Å²) in [6.07, 6.45) is 5.47. The summed E-state index contributed by atoms with van der Waals surface area (Å²) in [7, 11) is 0. The summed E-state index contributed by atoms with van der Waals surface area (Å²) in [6, 6.07) is 1.86. The molecule has 6 nitrogen and oxygen atoms in total. The van der Waals surface area contributed by atoms with Gasteiger partial charge in [0.15, 0.2) is 0 Å². The second-order valence-corrected chi connectivity index (χ2v) is 6.47. The van der Waals surface area contributed by atoms with Gasteiger partial charge in [0.05, 0.1) is 18.5 Å². The molecule has 0 saturated heterocycles. The normalized spacial score (nSPS) is 13.3. The molecule has 26 heavy (non-hydrogen) atoms. The average molecular weight is 367 g/mol. The highest BCUT2D eigenvalue weighted by Crippen LogP contribution is 2.24. The van der Waals surface area contributed by atoms with Crippen LogP contribution in [0.2, 0.25) is 0 Å². The molecule has 0 bridgehead atoms. The van der Waals surface area contributed by atoms with Crippen molar-refractivity contribution >= 4 is 11.6 Å². The number of carbonyl (C=O) groups is 1. The third-order valence-electron chi connectivity index (χ3n) is 4.16. The van der Waals surface area contributed by atoms with E-state index in [4.69, 9.17) is 14.2 Å². The Morgan fingerprint density at radius 3 is 2.58 bits per heavy atom. The van der Waals surface area contributed by atoms with E-state index in [9.17, 15) is 4.79 Å². The zero-order chi connectivity index (χ0) is 19.4. The van der Waals surface area contributed by atoms with Crippen molar-refractivity contribution in [1.29, 1.82) is 0 Å². The van der Waals surface area contributed by atoms with Gasteiger partial charge in [-0.2, -0.15) is 0 Å². The van der Waals surface area contributed by atoms with Crippen molar-refractivity contribution in [2.45, 2.75) is 65.9 Å². The number of aryl methyl sites for hydroxylation is 1. The van der Waals surface area contributed by atoms with Crippen LogP contribution >= 0.6 is 0 Å². The van der Waals surface area contributed by atoms with Gasteiger partial charge in [-0.1, -0.05) is 26.2 Å². The molecule has 0 fully saturated rings. The van der Waals surface area contributed by atoms with Crippen LogP contribution in [0.1, 0.15) is 58.9 Å². The summed E-state index contributed by atoms with van der Waals surface area (Å²) >= 11 is 0. The first kappa shape index (κ1) is 22.4. The van der Waals surface area contributed by atoms with E-state index in [-0.39, 0.29) is 5.91 Å². The van der Waals surface area contributed by atoms with Gasteiger partial charge in [-0.05, 0) is 40.2 Å². The molecule has 0 saturated carbocycles. The molecule has 148 valence electrons. The highest BCUT2D eigenvalue weighted by Gasteiger charge is 2.33. The molecule has 0 aliphatic carbocycles. The van der Waals surface area contributed by atoms with Gasteiger partial charge in [0.1, 0.15) is 12.2 Å². The first-order valence-corrected chi connectivity index (χ1v) is 9.59. The highest BCUT2D eigenvalue weighted by molar-refractivity contribution is 5.97. The zero-order valence-electron chi connectivity index (χ0n) is 16.9. The SMILES string of the molecule is CCCCCC(C)(OCC)C(=O)Nc1cnc(OCCOCC)c(C)c1. The standard InChI is InChI=1S/C20H34N2O4/c1-6-9-10-11-20(5,26-8-3)19(23)22-17-14-16(4)18(21-15-17)25-13-12-24-7-2/h14-15H,6-13H2,1-5H3,(H,22,23). The zero-order valence-corrected chi connectivity index (χ0v) is 16.9. The molecular formula is C20H34N2O4. The number of hydrogen-bond donors (Lipinski definition) is 1. The number of amides is 1. The van der Waals surface area contributed by atoms with Crippen molar-refractivity contribution in [1.82, 2.24) is 4.98 Å². The van der Waals surface area contributed by atoms with Crippen LogP contribution in [0.4, 0.5) is 5.69 Å². The molecule has 1 aromatic heterocycles. The Bertz CT molecular complexity index is 551. The lowest BCUT2D eigenvalue weighted by Crippen LogP contribution is -2.42. The molecule has 1 amide bonds. The van der Waals surface area contributed by atoms with Crippen molar-refractivity contribution in [2.24, 2.45) is 0 Å². The number of rotatable bonds is 13. The van der Waals surface area contributed by atoms with Gasteiger partial charge >= 0.3 is 0 Å². The number of aromatic nitrogens is 1. The number of ether oxygens (including phenoxy) is 3. The third kappa shape index (κ3) is 7.30. The molecule has 1 heterocycles. The van der Waals surface area contributed by atoms with E-state index in [1.807, 2.05) is 33.8 Å². The van der Waals surface area contributed by atoms with Gasteiger partial charge in [0.2, 0.25) is 5.88 Å². The Balaban J connectivity index is 2.70. The monoisotopic (exact) mass is 366 g/mol. The summed E-state index contributed by atoms with van der Waals surface area (Å²) < 4.78 is 16.6. The smallest absolute Gasteiger partial charge is 0.256 e. The van der Waals surface area contributed by atoms with Crippen LogP contribution < -0.4 is 10.1 Å². The molecule has 0 radical (unpaired) electrons. The van der Waals surface area contributed by atoms with Crippen LogP contribution in [0.5, 0.6) is 5.88 Å². The lowest BCUT2D eigenvalue weighted by molar-refractivity contribution is -0.139. The molecule has 1 atom stereocenters. The van der Waals surface area contributed by atoms with E-state index in [1.165, 1.54) is 0 Å². The van der Waals surface area contributed by atoms with E-state index >= 15 is 0 Å². The van der Waals surface area contributed by atoms with Gasteiger partial charge < -0.3 is 19.5 Å². The van der Waals surface area contributed by atoms with Crippen LogP contribution in [-0.4, -0.2) is 42.9 Å². The van der Waals surface area contributed by atoms with Crippen molar-refractivity contribution in [3.05, 3.63) is 17.8 Å². The topological polar surface area (TPSA) is 69.7 Å². The molecule has 0 spiro atoms. The Kier molecular flexibility index (Phi) is 10.2. The maximum atomic E-state index is 12.7. The average Bonchev–Trinajstić information content (AvgIpc) is 2.60. The lowest BCUT2D eigenvalue weighted by Gasteiger charge is -2.28. The van der Waals surface area contributed by atoms with E-state index < -0.39 is 5.60 Å². The number of anilines is 1. The van der Waals surface area contributed by atoms with Crippen molar-refractivity contribution < 1.29 is 19.0 Å². The maximum Gasteiger partial charge on any atom is 0.256 e. The van der Waals surface area contributed by atoms with E-state index in [0.29, 0.717) is 44.4 Å². The summed E-state index contributed by atoms with van der Waals surface area (Å²) in [5, 5.41) is 2.93. The summed E-state index contributed by atoms with van der Waals surface area (Å²) in [5.41, 5.74) is 0.680. The molecule has 1 rings (SSSR count). The van der Waals surface area contributed by atoms with Crippen LogP contribution in [-0.2, 0) is 14.3 Å². The number of nitrogens with zero attached hydrogens (tertiary/aromatic N) is 1. The van der Waals surface area contributed by atoms with E-state index in [1.54, 1.807) is 6.20 Å². The fraction of sp³-hybridized carbons (Fsp3) is 0.700. The number of nitrogens with one attached hydrogen (secondary N) is 1. The lowest BCUT2D eigenvalue weighted by atomic mass is 9.96. The summed E-state index contributed by atoms with van der Waals surface area (Å²) in [4.78, 5) is 17.0. The van der Waals surface area contributed by atoms with Crippen molar-refractivity contribution in [3.8, 4) is 5.88 Å². The quantitative estimate of drug-likeness (QED) is 0.532. The molecule has 6 heteroatoms. The maximum absolute atomic E-state index is 12.7. The molecule has 1 N–H and O–H groups in total. The summed E-state index contributed by atoms with van der Waals surface area (Å²) in [5.74, 6) is 0.417. The second-order valence-electron chi connectivity index (χ2n) is 6.47. The minimum Gasteiger partial charge on any atom is -0.475 e. The second kappa shape index (κ2) is 11.9. The largest absolute Gasteiger partial charge is 0.475 e. The van der Waals surface area contributed by atoms with E-state index in [0.717, 1.165) is 24.8 Å². The molecule has 0 aliphatic rings. The molecule has 1 unspecified atom stereocenters. The van der Waals surface area contributed by atoms with Crippen molar-refractivity contribution in [2.75, 3.05) is 31.7 Å².